The first-order valence-corrected chi connectivity index (χ1v) is 4.57. The fourth-order valence-electron chi connectivity index (χ4n) is 1.25. The van der Waals surface area contributed by atoms with Gasteiger partial charge >= 0.3 is 5.97 Å². The van der Waals surface area contributed by atoms with Gasteiger partial charge in [-0.25, -0.2) is 10.0 Å². The zero-order chi connectivity index (χ0) is 10.3. The molecule has 0 fully saturated rings. The van der Waals surface area contributed by atoms with Crippen molar-refractivity contribution in [1.29, 1.82) is 0 Å². The van der Waals surface area contributed by atoms with E-state index in [1.807, 2.05) is 18.9 Å². The first-order chi connectivity index (χ1) is 6.15. The number of carbonyl (C=O) groups is 1. The standard InChI is InChI=1S/C8H19N3O2/c1-3-10(4-2)11(6-5-9)7-8(12)13/h3-7,9H2,1-2H3,(H,12,13). The number of hydrogen-bond acceptors (Lipinski definition) is 4. The molecule has 0 aliphatic rings. The van der Waals surface area contributed by atoms with Gasteiger partial charge in [-0.05, 0) is 0 Å². The van der Waals surface area contributed by atoms with Crippen molar-refractivity contribution in [3.05, 3.63) is 0 Å². The maximum absolute atomic E-state index is 10.5. The minimum atomic E-state index is -0.819. The van der Waals surface area contributed by atoms with E-state index in [0.29, 0.717) is 13.1 Å². The SMILES string of the molecule is CCN(CC)N(CCN)CC(=O)O. The summed E-state index contributed by atoms with van der Waals surface area (Å²) >= 11 is 0. The van der Waals surface area contributed by atoms with Gasteiger partial charge in [0, 0.05) is 26.2 Å². The summed E-state index contributed by atoms with van der Waals surface area (Å²) in [6.45, 7) is 6.70. The molecule has 13 heavy (non-hydrogen) atoms. The van der Waals surface area contributed by atoms with E-state index in [-0.39, 0.29) is 6.54 Å². The van der Waals surface area contributed by atoms with Crippen LogP contribution in [0, 0.1) is 0 Å². The monoisotopic (exact) mass is 189 g/mol. The number of carboxylic acids is 1. The summed E-state index contributed by atoms with van der Waals surface area (Å²) in [6, 6.07) is 0. The van der Waals surface area contributed by atoms with Crippen molar-refractivity contribution >= 4 is 5.97 Å². The summed E-state index contributed by atoms with van der Waals surface area (Å²) < 4.78 is 0. The smallest absolute Gasteiger partial charge is 0.319 e. The van der Waals surface area contributed by atoms with Crippen LogP contribution in [0.5, 0.6) is 0 Å². The van der Waals surface area contributed by atoms with Crippen LogP contribution in [0.3, 0.4) is 0 Å². The van der Waals surface area contributed by atoms with Crippen molar-refractivity contribution in [2.24, 2.45) is 5.73 Å². The van der Waals surface area contributed by atoms with Gasteiger partial charge in [0.1, 0.15) is 6.54 Å². The third kappa shape index (κ3) is 4.82. The predicted molar refractivity (Wildman–Crippen MR) is 51.2 cm³/mol. The van der Waals surface area contributed by atoms with Crippen molar-refractivity contribution in [3.8, 4) is 0 Å². The number of aliphatic carboxylic acids is 1. The first-order valence-electron chi connectivity index (χ1n) is 4.57. The Balaban J connectivity index is 4.11. The maximum Gasteiger partial charge on any atom is 0.319 e. The fraction of sp³-hybridized carbons (Fsp3) is 0.875. The Morgan fingerprint density at radius 2 is 1.85 bits per heavy atom. The topological polar surface area (TPSA) is 69.8 Å². The summed E-state index contributed by atoms with van der Waals surface area (Å²) in [5, 5.41) is 12.4. The molecule has 0 saturated heterocycles. The molecule has 0 radical (unpaired) electrons. The summed E-state index contributed by atoms with van der Waals surface area (Å²) in [5.41, 5.74) is 5.39. The van der Waals surface area contributed by atoms with Crippen LogP contribution in [0.2, 0.25) is 0 Å². The number of hydrazine groups is 1. The molecule has 5 nitrogen and oxygen atoms in total. The lowest BCUT2D eigenvalue weighted by Gasteiger charge is -2.31. The number of rotatable bonds is 7. The minimum Gasteiger partial charge on any atom is -0.480 e. The predicted octanol–water partition coefficient (Wildman–Crippen LogP) is -0.411. The molecule has 0 aliphatic heterocycles. The molecule has 0 spiro atoms. The van der Waals surface area contributed by atoms with Gasteiger partial charge in [0.15, 0.2) is 0 Å². The Hall–Kier alpha value is -0.650. The van der Waals surface area contributed by atoms with Gasteiger partial charge in [0.05, 0.1) is 0 Å². The maximum atomic E-state index is 10.5. The van der Waals surface area contributed by atoms with E-state index in [9.17, 15) is 4.79 Å². The Bertz CT molecular complexity index is 148. The van der Waals surface area contributed by atoms with Gasteiger partial charge in [0.25, 0.3) is 0 Å². The molecule has 0 heterocycles. The average molecular weight is 189 g/mol. The molecule has 0 atom stereocenters. The van der Waals surface area contributed by atoms with E-state index in [4.69, 9.17) is 10.8 Å². The number of nitrogens with two attached hydrogens (primary N) is 1. The molecule has 0 aromatic carbocycles. The largest absolute Gasteiger partial charge is 0.480 e. The van der Waals surface area contributed by atoms with Crippen LogP contribution in [0.15, 0.2) is 0 Å². The summed E-state index contributed by atoms with van der Waals surface area (Å²) in [5.74, 6) is -0.819. The van der Waals surface area contributed by atoms with Crippen molar-refractivity contribution in [2.75, 3.05) is 32.7 Å². The quantitative estimate of drug-likeness (QED) is 0.533. The minimum absolute atomic E-state index is 0.0267. The van der Waals surface area contributed by atoms with Crippen LogP contribution in [0.1, 0.15) is 13.8 Å². The van der Waals surface area contributed by atoms with Crippen molar-refractivity contribution in [2.45, 2.75) is 13.8 Å². The number of nitrogens with zero attached hydrogens (tertiary/aromatic N) is 2. The lowest BCUT2D eigenvalue weighted by molar-refractivity contribution is -0.143. The molecular formula is C8H19N3O2. The second-order valence-corrected chi connectivity index (χ2v) is 2.71. The van der Waals surface area contributed by atoms with Crippen molar-refractivity contribution in [1.82, 2.24) is 10.0 Å². The number of hydrogen-bond donors (Lipinski definition) is 2. The van der Waals surface area contributed by atoms with E-state index in [0.717, 1.165) is 13.1 Å². The Morgan fingerprint density at radius 3 is 2.15 bits per heavy atom. The van der Waals surface area contributed by atoms with Crippen molar-refractivity contribution in [3.63, 3.8) is 0 Å². The normalized spacial score (nSPS) is 11.2. The lowest BCUT2D eigenvalue weighted by atomic mass is 10.5. The highest BCUT2D eigenvalue weighted by Gasteiger charge is 2.13. The highest BCUT2D eigenvalue weighted by Crippen LogP contribution is 1.96. The third-order valence-electron chi connectivity index (χ3n) is 1.84. The Morgan fingerprint density at radius 1 is 1.31 bits per heavy atom. The molecule has 78 valence electrons. The molecule has 0 aliphatic carbocycles. The van der Waals surface area contributed by atoms with Crippen LogP contribution in [-0.4, -0.2) is 53.8 Å². The van der Waals surface area contributed by atoms with Gasteiger partial charge in [-0.15, -0.1) is 0 Å². The molecule has 3 N–H and O–H groups in total. The van der Waals surface area contributed by atoms with E-state index in [1.165, 1.54) is 0 Å². The summed E-state index contributed by atoms with van der Waals surface area (Å²) in [7, 11) is 0. The zero-order valence-corrected chi connectivity index (χ0v) is 8.36. The fourth-order valence-corrected chi connectivity index (χ4v) is 1.25. The van der Waals surface area contributed by atoms with Crippen LogP contribution in [0.25, 0.3) is 0 Å². The van der Waals surface area contributed by atoms with Crippen LogP contribution < -0.4 is 5.73 Å². The van der Waals surface area contributed by atoms with Crippen LogP contribution >= 0.6 is 0 Å². The van der Waals surface area contributed by atoms with Crippen molar-refractivity contribution < 1.29 is 9.90 Å². The second-order valence-electron chi connectivity index (χ2n) is 2.71. The molecule has 0 aromatic rings. The molecule has 0 unspecified atom stereocenters. The molecule has 0 rings (SSSR count). The molecule has 0 aromatic heterocycles. The van der Waals surface area contributed by atoms with Gasteiger partial charge in [0.2, 0.25) is 0 Å². The Labute approximate surface area is 79.1 Å². The van der Waals surface area contributed by atoms with Gasteiger partial charge in [-0.1, -0.05) is 13.8 Å². The first kappa shape index (κ1) is 12.3. The summed E-state index contributed by atoms with van der Waals surface area (Å²) in [4.78, 5) is 10.5. The van der Waals surface area contributed by atoms with E-state index >= 15 is 0 Å². The highest BCUT2D eigenvalue weighted by atomic mass is 16.4. The molecule has 0 amide bonds. The molecule has 5 heteroatoms. The average Bonchev–Trinajstić information content (AvgIpc) is 2.05. The second kappa shape index (κ2) is 6.82. The zero-order valence-electron chi connectivity index (χ0n) is 8.36. The third-order valence-corrected chi connectivity index (χ3v) is 1.84. The Kier molecular flexibility index (Phi) is 6.48. The molecule has 0 bridgehead atoms. The van der Waals surface area contributed by atoms with E-state index < -0.39 is 5.97 Å². The lowest BCUT2D eigenvalue weighted by Crippen LogP contribution is -2.47. The van der Waals surface area contributed by atoms with Gasteiger partial charge in [-0.2, -0.15) is 0 Å². The summed E-state index contributed by atoms with van der Waals surface area (Å²) in [6.07, 6.45) is 0. The molecule has 0 saturated carbocycles. The van der Waals surface area contributed by atoms with Crippen LogP contribution in [0.4, 0.5) is 0 Å². The van der Waals surface area contributed by atoms with E-state index in [1.54, 1.807) is 5.01 Å². The highest BCUT2D eigenvalue weighted by molar-refractivity contribution is 5.68. The van der Waals surface area contributed by atoms with Gasteiger partial charge < -0.3 is 10.8 Å². The van der Waals surface area contributed by atoms with E-state index in [2.05, 4.69) is 0 Å². The van der Waals surface area contributed by atoms with Crippen LogP contribution in [-0.2, 0) is 4.79 Å². The number of carboxylic acid groups (broad SMARTS) is 1. The van der Waals surface area contributed by atoms with Gasteiger partial charge in [-0.3, -0.25) is 4.79 Å². The molecular weight excluding hydrogens is 170 g/mol.